The number of nitrogens with zero attached hydrogens (tertiary/aromatic N) is 2. The van der Waals surface area contributed by atoms with E-state index in [0.29, 0.717) is 11.1 Å². The number of fused-ring (bicyclic) bond motifs is 1. The van der Waals surface area contributed by atoms with Crippen molar-refractivity contribution in [1.29, 1.82) is 0 Å². The fraction of sp³-hybridized carbons (Fsp3) is 0.154. The van der Waals surface area contributed by atoms with Crippen molar-refractivity contribution < 1.29 is 18.0 Å². The highest BCUT2D eigenvalue weighted by atomic mass is 35.5. The normalized spacial score (nSPS) is 13.5. The molecule has 1 aliphatic rings. The number of halogens is 4. The first-order valence-electron chi connectivity index (χ1n) is 5.89. The summed E-state index contributed by atoms with van der Waals surface area (Å²) >= 11 is 5.67. The molecule has 0 fully saturated rings. The quantitative estimate of drug-likeness (QED) is 0.925. The largest absolute Gasteiger partial charge is 0.323 e. The molecule has 0 atom stereocenters. The van der Waals surface area contributed by atoms with Gasteiger partial charge in [-0.2, -0.15) is 0 Å². The van der Waals surface area contributed by atoms with Crippen LogP contribution in [-0.2, 0) is 11.2 Å². The van der Waals surface area contributed by atoms with Gasteiger partial charge in [0.15, 0.2) is 5.15 Å². The highest BCUT2D eigenvalue weighted by Crippen LogP contribution is 2.35. The van der Waals surface area contributed by atoms with Gasteiger partial charge in [0, 0.05) is 5.56 Å². The second-order valence-electron chi connectivity index (χ2n) is 4.41. The predicted octanol–water partition coefficient (Wildman–Crippen LogP) is 3.37. The third-order valence-corrected chi connectivity index (χ3v) is 3.38. The van der Waals surface area contributed by atoms with Crippen LogP contribution in [0.25, 0.3) is 11.3 Å². The summed E-state index contributed by atoms with van der Waals surface area (Å²) in [6, 6.07) is 2.58. The van der Waals surface area contributed by atoms with E-state index >= 15 is 0 Å². The molecule has 8 heteroatoms. The summed E-state index contributed by atoms with van der Waals surface area (Å²) in [6.07, 6.45) is -1.72. The van der Waals surface area contributed by atoms with Gasteiger partial charge in [-0.25, -0.2) is 23.1 Å². The van der Waals surface area contributed by atoms with E-state index < -0.39 is 23.1 Å². The zero-order valence-corrected chi connectivity index (χ0v) is 11.1. The molecular weight excluding hydrogens is 307 g/mol. The molecule has 0 radical (unpaired) electrons. The highest BCUT2D eigenvalue weighted by molar-refractivity contribution is 6.30. The number of rotatable bonds is 2. The topological polar surface area (TPSA) is 54.9 Å². The lowest BCUT2D eigenvalue weighted by Crippen LogP contribution is -2.04. The number of hydrogen-bond acceptors (Lipinski definition) is 3. The Kier molecular flexibility index (Phi) is 3.29. The fourth-order valence-electron chi connectivity index (χ4n) is 2.17. The van der Waals surface area contributed by atoms with Crippen molar-refractivity contribution in [2.24, 2.45) is 0 Å². The van der Waals surface area contributed by atoms with Crippen LogP contribution in [-0.4, -0.2) is 15.9 Å². The van der Waals surface area contributed by atoms with Crippen molar-refractivity contribution in [2.45, 2.75) is 12.8 Å². The van der Waals surface area contributed by atoms with E-state index in [0.717, 1.165) is 12.3 Å². The lowest BCUT2D eigenvalue weighted by molar-refractivity contribution is -0.115. The van der Waals surface area contributed by atoms with Gasteiger partial charge < -0.3 is 5.32 Å². The van der Waals surface area contributed by atoms with E-state index in [-0.39, 0.29) is 23.7 Å². The van der Waals surface area contributed by atoms with Gasteiger partial charge in [0.25, 0.3) is 6.43 Å². The van der Waals surface area contributed by atoms with E-state index in [1.165, 1.54) is 6.07 Å². The Labute approximate surface area is 122 Å². The molecule has 0 spiro atoms. The second kappa shape index (κ2) is 5.00. The van der Waals surface area contributed by atoms with Gasteiger partial charge >= 0.3 is 0 Å². The lowest BCUT2D eigenvalue weighted by atomic mass is 10.0. The Morgan fingerprint density at radius 3 is 2.76 bits per heavy atom. The standard InChI is InChI=1S/C13H7ClF3N3O/c14-12-11(13(16)17)18-4-8(19-12)5-1-2-7(15)10-6(5)3-9(21)20-10/h1-2,4,13H,3H2,(H,20,21). The minimum Gasteiger partial charge on any atom is -0.323 e. The number of alkyl halides is 2. The lowest BCUT2D eigenvalue weighted by Gasteiger charge is -2.09. The maximum Gasteiger partial charge on any atom is 0.283 e. The van der Waals surface area contributed by atoms with Gasteiger partial charge in [-0.3, -0.25) is 4.79 Å². The summed E-state index contributed by atoms with van der Waals surface area (Å²) in [5, 5.41) is 1.99. The van der Waals surface area contributed by atoms with Gasteiger partial charge in [-0.05, 0) is 17.7 Å². The molecule has 1 aliphatic heterocycles. The molecule has 0 unspecified atom stereocenters. The van der Waals surface area contributed by atoms with E-state index in [9.17, 15) is 18.0 Å². The summed E-state index contributed by atoms with van der Waals surface area (Å²) in [7, 11) is 0. The molecule has 0 saturated carbocycles. The van der Waals surface area contributed by atoms with Crippen molar-refractivity contribution in [3.8, 4) is 11.3 Å². The van der Waals surface area contributed by atoms with Crippen LogP contribution in [0.5, 0.6) is 0 Å². The number of carbonyl (C=O) groups is 1. The molecule has 2 heterocycles. The van der Waals surface area contributed by atoms with Crippen molar-refractivity contribution in [1.82, 2.24) is 9.97 Å². The zero-order valence-electron chi connectivity index (χ0n) is 10.3. The Bertz CT molecular complexity index is 752. The van der Waals surface area contributed by atoms with Crippen molar-refractivity contribution >= 4 is 23.2 Å². The fourth-order valence-corrected chi connectivity index (χ4v) is 2.40. The minimum atomic E-state index is -2.83. The van der Waals surface area contributed by atoms with Crippen LogP contribution in [0.4, 0.5) is 18.9 Å². The summed E-state index contributed by atoms with van der Waals surface area (Å²) in [6.45, 7) is 0. The van der Waals surface area contributed by atoms with Crippen LogP contribution in [0.2, 0.25) is 5.15 Å². The molecule has 108 valence electrons. The Morgan fingerprint density at radius 1 is 1.33 bits per heavy atom. The van der Waals surface area contributed by atoms with Gasteiger partial charge in [-0.1, -0.05) is 11.6 Å². The van der Waals surface area contributed by atoms with Crippen LogP contribution < -0.4 is 5.32 Å². The highest BCUT2D eigenvalue weighted by Gasteiger charge is 2.26. The predicted molar refractivity (Wildman–Crippen MR) is 69.7 cm³/mol. The number of carbonyl (C=O) groups excluding carboxylic acids is 1. The van der Waals surface area contributed by atoms with E-state index in [4.69, 9.17) is 11.6 Å². The molecule has 0 aliphatic carbocycles. The molecule has 1 N–H and O–H groups in total. The first kappa shape index (κ1) is 13.8. The third-order valence-electron chi connectivity index (χ3n) is 3.10. The van der Waals surface area contributed by atoms with E-state index in [1.54, 1.807) is 0 Å². The minimum absolute atomic E-state index is 0.0156. The molecule has 0 saturated heterocycles. The number of amides is 1. The number of nitrogens with one attached hydrogen (secondary N) is 1. The van der Waals surface area contributed by atoms with Gasteiger partial charge in [0.2, 0.25) is 5.91 Å². The summed E-state index contributed by atoms with van der Waals surface area (Å²) in [4.78, 5) is 18.8. The third kappa shape index (κ3) is 2.33. The molecule has 2 aromatic rings. The Morgan fingerprint density at radius 2 is 2.10 bits per heavy atom. The first-order chi connectivity index (χ1) is 9.97. The van der Waals surface area contributed by atoms with Gasteiger partial charge in [-0.15, -0.1) is 0 Å². The average Bonchev–Trinajstić information content (AvgIpc) is 2.81. The molecule has 4 nitrogen and oxygen atoms in total. The van der Waals surface area contributed by atoms with E-state index in [2.05, 4.69) is 15.3 Å². The Balaban J connectivity index is 2.13. The van der Waals surface area contributed by atoms with Crippen LogP contribution in [0.15, 0.2) is 18.3 Å². The molecule has 21 heavy (non-hydrogen) atoms. The number of hydrogen-bond donors (Lipinski definition) is 1. The SMILES string of the molecule is O=C1Cc2c(-c3cnc(C(F)F)c(Cl)n3)ccc(F)c2N1. The number of aromatic nitrogens is 2. The number of benzene rings is 1. The van der Waals surface area contributed by atoms with Crippen molar-refractivity contribution in [2.75, 3.05) is 5.32 Å². The van der Waals surface area contributed by atoms with Crippen molar-refractivity contribution in [3.05, 3.63) is 40.6 Å². The van der Waals surface area contributed by atoms with Crippen LogP contribution in [0.3, 0.4) is 0 Å². The summed E-state index contributed by atoms with van der Waals surface area (Å²) in [5.74, 6) is -0.914. The summed E-state index contributed by atoms with van der Waals surface area (Å²) < 4.78 is 38.8. The first-order valence-corrected chi connectivity index (χ1v) is 6.27. The monoisotopic (exact) mass is 313 g/mol. The molecule has 0 bridgehead atoms. The smallest absolute Gasteiger partial charge is 0.283 e. The zero-order chi connectivity index (χ0) is 15.1. The maximum atomic E-state index is 13.6. The van der Waals surface area contributed by atoms with Gasteiger partial charge in [0.05, 0.1) is 24.0 Å². The second-order valence-corrected chi connectivity index (χ2v) is 4.76. The molecule has 1 amide bonds. The molecular formula is C13H7ClF3N3O. The summed E-state index contributed by atoms with van der Waals surface area (Å²) in [5.41, 5.74) is 0.508. The van der Waals surface area contributed by atoms with Crippen LogP contribution in [0, 0.1) is 5.82 Å². The van der Waals surface area contributed by atoms with Gasteiger partial charge in [0.1, 0.15) is 11.5 Å². The molecule has 1 aromatic heterocycles. The maximum absolute atomic E-state index is 13.6. The molecule has 1 aromatic carbocycles. The average molecular weight is 314 g/mol. The molecule has 3 rings (SSSR count). The van der Waals surface area contributed by atoms with Crippen LogP contribution >= 0.6 is 11.6 Å². The number of anilines is 1. The van der Waals surface area contributed by atoms with Crippen molar-refractivity contribution in [3.63, 3.8) is 0 Å². The van der Waals surface area contributed by atoms with E-state index in [1.807, 2.05) is 0 Å². The Hall–Kier alpha value is -2.15. The van der Waals surface area contributed by atoms with Crippen LogP contribution in [0.1, 0.15) is 17.7 Å².